The molecule has 21 heavy (non-hydrogen) atoms. The smallest absolute Gasteiger partial charge is 0.329 e. The number of carboxylic acids is 1. The normalized spacial score (nSPS) is 25.2. The van der Waals surface area contributed by atoms with Gasteiger partial charge in [-0.2, -0.15) is 11.8 Å². The van der Waals surface area contributed by atoms with Crippen molar-refractivity contribution in [3.63, 3.8) is 0 Å². The Morgan fingerprint density at radius 2 is 1.71 bits per heavy atom. The molecule has 1 saturated carbocycles. The Kier molecular flexibility index (Phi) is 5.23. The summed E-state index contributed by atoms with van der Waals surface area (Å²) in [6.45, 7) is 4.56. The monoisotopic (exact) mass is 313 g/mol. The van der Waals surface area contributed by atoms with Crippen LogP contribution in [-0.4, -0.2) is 34.0 Å². The molecule has 1 saturated heterocycles. The van der Waals surface area contributed by atoms with Crippen molar-refractivity contribution in [2.45, 2.75) is 64.3 Å². The van der Waals surface area contributed by atoms with Crippen LogP contribution in [0, 0.1) is 11.3 Å². The van der Waals surface area contributed by atoms with E-state index >= 15 is 0 Å². The summed E-state index contributed by atoms with van der Waals surface area (Å²) in [6.07, 6.45) is 6.04. The average Bonchev–Trinajstić information content (AvgIpc) is 2.42. The molecule has 5 heteroatoms. The van der Waals surface area contributed by atoms with Gasteiger partial charge in [0, 0.05) is 6.42 Å². The van der Waals surface area contributed by atoms with Gasteiger partial charge in [0.05, 0.1) is 0 Å². The fourth-order valence-corrected chi connectivity index (χ4v) is 4.55. The number of carbonyl (C=O) groups excluding carboxylic acids is 1. The zero-order chi connectivity index (χ0) is 15.5. The number of hydrogen-bond acceptors (Lipinski definition) is 3. The van der Waals surface area contributed by atoms with Crippen LogP contribution in [0.5, 0.6) is 0 Å². The van der Waals surface area contributed by atoms with Crippen molar-refractivity contribution in [3.05, 3.63) is 0 Å². The van der Waals surface area contributed by atoms with Crippen molar-refractivity contribution in [1.82, 2.24) is 5.32 Å². The molecule has 1 aliphatic carbocycles. The van der Waals surface area contributed by atoms with E-state index in [4.69, 9.17) is 0 Å². The molecule has 1 heterocycles. The van der Waals surface area contributed by atoms with Crippen molar-refractivity contribution in [1.29, 1.82) is 0 Å². The van der Waals surface area contributed by atoms with Crippen LogP contribution in [0.25, 0.3) is 0 Å². The van der Waals surface area contributed by atoms with Crippen molar-refractivity contribution < 1.29 is 14.7 Å². The molecule has 2 aliphatic rings. The fraction of sp³-hybridized carbons (Fsp3) is 0.875. The number of thioether (sulfide) groups is 1. The molecule has 2 N–H and O–H groups in total. The topological polar surface area (TPSA) is 66.4 Å². The summed E-state index contributed by atoms with van der Waals surface area (Å²) in [5.41, 5.74) is -0.619. The maximum absolute atomic E-state index is 12.3. The minimum atomic E-state index is -1.02. The number of amides is 1. The number of carboxylic acid groups (broad SMARTS) is 1. The molecule has 0 atom stereocenters. The lowest BCUT2D eigenvalue weighted by atomic mass is 9.72. The molecule has 120 valence electrons. The van der Waals surface area contributed by atoms with Gasteiger partial charge in [-0.1, -0.05) is 13.8 Å². The van der Waals surface area contributed by atoms with Crippen molar-refractivity contribution >= 4 is 23.6 Å². The molecule has 0 radical (unpaired) electrons. The first-order valence-corrected chi connectivity index (χ1v) is 9.11. The van der Waals surface area contributed by atoms with E-state index in [9.17, 15) is 14.7 Å². The van der Waals surface area contributed by atoms with Gasteiger partial charge >= 0.3 is 5.97 Å². The van der Waals surface area contributed by atoms with Crippen LogP contribution in [0.2, 0.25) is 0 Å². The first-order chi connectivity index (χ1) is 9.83. The maximum atomic E-state index is 12.3. The SMILES string of the molecule is CC1(C)CCC(CC(=O)NC2(C(=O)O)CCSCC2)CC1. The molecular weight excluding hydrogens is 286 g/mol. The minimum Gasteiger partial charge on any atom is -0.480 e. The number of aliphatic carboxylic acids is 1. The first-order valence-electron chi connectivity index (χ1n) is 7.95. The largest absolute Gasteiger partial charge is 0.480 e. The molecule has 1 aliphatic heterocycles. The number of nitrogens with one attached hydrogen (secondary N) is 1. The molecule has 0 unspecified atom stereocenters. The van der Waals surface area contributed by atoms with Crippen LogP contribution in [-0.2, 0) is 9.59 Å². The predicted molar refractivity (Wildman–Crippen MR) is 85.4 cm³/mol. The van der Waals surface area contributed by atoms with Crippen LogP contribution >= 0.6 is 11.8 Å². The first kappa shape index (κ1) is 16.7. The van der Waals surface area contributed by atoms with Gasteiger partial charge in [0.1, 0.15) is 5.54 Å². The summed E-state index contributed by atoms with van der Waals surface area (Å²) in [7, 11) is 0. The summed E-state index contributed by atoms with van der Waals surface area (Å²) in [6, 6.07) is 0. The van der Waals surface area contributed by atoms with Crippen molar-refractivity contribution in [3.8, 4) is 0 Å². The fourth-order valence-electron chi connectivity index (χ4n) is 3.36. The second kappa shape index (κ2) is 6.59. The zero-order valence-corrected chi connectivity index (χ0v) is 13.9. The summed E-state index contributed by atoms with van der Waals surface area (Å²) in [5.74, 6) is 1.09. The molecule has 0 spiro atoms. The highest BCUT2D eigenvalue weighted by molar-refractivity contribution is 7.99. The van der Waals surface area contributed by atoms with Gasteiger partial charge in [0.2, 0.25) is 5.91 Å². The molecular formula is C16H27NO3S. The van der Waals surface area contributed by atoms with E-state index in [1.807, 2.05) is 0 Å². The molecule has 0 bridgehead atoms. The maximum Gasteiger partial charge on any atom is 0.329 e. The Balaban J connectivity index is 1.87. The lowest BCUT2D eigenvalue weighted by molar-refractivity contribution is -0.148. The second-order valence-corrected chi connectivity index (χ2v) is 8.58. The molecule has 4 nitrogen and oxygen atoms in total. The second-order valence-electron chi connectivity index (χ2n) is 7.36. The van der Waals surface area contributed by atoms with E-state index in [0.29, 0.717) is 30.6 Å². The van der Waals surface area contributed by atoms with Gasteiger partial charge in [0.25, 0.3) is 0 Å². The van der Waals surface area contributed by atoms with E-state index < -0.39 is 11.5 Å². The van der Waals surface area contributed by atoms with Gasteiger partial charge in [-0.15, -0.1) is 0 Å². The van der Waals surface area contributed by atoms with Crippen molar-refractivity contribution in [2.24, 2.45) is 11.3 Å². The minimum absolute atomic E-state index is 0.0750. The summed E-state index contributed by atoms with van der Waals surface area (Å²) >= 11 is 1.76. The standard InChI is InChI=1S/C16H27NO3S/c1-15(2)5-3-12(4-6-15)11-13(18)17-16(14(19)20)7-9-21-10-8-16/h12H,3-11H2,1-2H3,(H,17,18)(H,19,20). The Bertz CT molecular complexity index is 392. The van der Waals surface area contributed by atoms with Gasteiger partial charge in [-0.05, 0) is 61.4 Å². The van der Waals surface area contributed by atoms with Gasteiger partial charge in [-0.3, -0.25) is 4.79 Å². The van der Waals surface area contributed by atoms with Gasteiger partial charge < -0.3 is 10.4 Å². The van der Waals surface area contributed by atoms with Crippen LogP contribution in [0.15, 0.2) is 0 Å². The van der Waals surface area contributed by atoms with Crippen LogP contribution in [0.4, 0.5) is 0 Å². The Morgan fingerprint density at radius 1 is 1.14 bits per heavy atom. The Hall–Kier alpha value is -0.710. The Morgan fingerprint density at radius 3 is 2.24 bits per heavy atom. The van der Waals surface area contributed by atoms with Crippen LogP contribution in [0.1, 0.15) is 58.8 Å². The van der Waals surface area contributed by atoms with Gasteiger partial charge in [-0.25, -0.2) is 4.79 Å². The third-order valence-corrected chi connectivity index (χ3v) is 6.05. The molecule has 1 amide bonds. The summed E-state index contributed by atoms with van der Waals surface area (Å²) in [4.78, 5) is 23.8. The van der Waals surface area contributed by atoms with E-state index in [0.717, 1.165) is 37.2 Å². The lowest BCUT2D eigenvalue weighted by Crippen LogP contribution is -2.56. The van der Waals surface area contributed by atoms with E-state index in [1.165, 1.54) is 0 Å². The van der Waals surface area contributed by atoms with E-state index in [1.54, 1.807) is 11.8 Å². The van der Waals surface area contributed by atoms with E-state index in [-0.39, 0.29) is 5.91 Å². The third kappa shape index (κ3) is 4.38. The molecule has 0 aromatic rings. The molecule has 0 aromatic heterocycles. The molecule has 0 aromatic carbocycles. The van der Waals surface area contributed by atoms with Crippen LogP contribution in [0.3, 0.4) is 0 Å². The predicted octanol–water partition coefficient (Wildman–Crippen LogP) is 3.06. The van der Waals surface area contributed by atoms with E-state index in [2.05, 4.69) is 19.2 Å². The molecule has 2 rings (SSSR count). The van der Waals surface area contributed by atoms with Crippen molar-refractivity contribution in [2.75, 3.05) is 11.5 Å². The highest BCUT2D eigenvalue weighted by Gasteiger charge is 2.41. The number of hydrogen-bond donors (Lipinski definition) is 2. The Labute approximate surface area is 131 Å². The lowest BCUT2D eigenvalue weighted by Gasteiger charge is -2.36. The summed E-state index contributed by atoms with van der Waals surface area (Å²) < 4.78 is 0. The highest BCUT2D eigenvalue weighted by Crippen LogP contribution is 2.39. The zero-order valence-electron chi connectivity index (χ0n) is 13.1. The highest BCUT2D eigenvalue weighted by atomic mass is 32.2. The quantitative estimate of drug-likeness (QED) is 0.837. The molecule has 2 fully saturated rings. The third-order valence-electron chi connectivity index (χ3n) is 5.07. The summed E-state index contributed by atoms with van der Waals surface area (Å²) in [5, 5.41) is 12.3. The van der Waals surface area contributed by atoms with Gasteiger partial charge in [0.15, 0.2) is 0 Å². The number of carbonyl (C=O) groups is 2. The average molecular weight is 313 g/mol. The number of rotatable bonds is 4. The van der Waals surface area contributed by atoms with Crippen LogP contribution < -0.4 is 5.32 Å².